The molecular weight excluding hydrogens is 324 g/mol. The van der Waals surface area contributed by atoms with Gasteiger partial charge in [-0.25, -0.2) is 9.78 Å². The first-order valence-corrected chi connectivity index (χ1v) is 6.89. The number of nitrogens with zero attached hydrogens (tertiary/aromatic N) is 2. The van der Waals surface area contributed by atoms with Crippen molar-refractivity contribution in [1.82, 2.24) is 9.55 Å². The van der Waals surface area contributed by atoms with Crippen LogP contribution in [0, 0.1) is 0 Å². The number of aliphatic carboxylic acids is 1. The molecule has 0 bridgehead atoms. The first kappa shape index (κ1) is 14.5. The van der Waals surface area contributed by atoms with Gasteiger partial charge in [0.05, 0.1) is 17.2 Å². The topological polar surface area (TPSA) is 72.2 Å². The summed E-state index contributed by atoms with van der Waals surface area (Å²) < 4.78 is 2.20. The van der Waals surface area contributed by atoms with Gasteiger partial charge >= 0.3 is 5.97 Å². The average molecular weight is 337 g/mol. The summed E-state index contributed by atoms with van der Waals surface area (Å²) in [5, 5.41) is 9.45. The van der Waals surface area contributed by atoms with Crippen LogP contribution in [0.3, 0.4) is 0 Å². The zero-order valence-corrected chi connectivity index (χ0v) is 12.4. The Balaban J connectivity index is 2.44. The monoisotopic (exact) mass is 336 g/mol. The van der Waals surface area contributed by atoms with Gasteiger partial charge in [-0.15, -0.1) is 0 Å². The lowest BCUT2D eigenvalue weighted by molar-refractivity contribution is -0.132. The number of rotatable bonds is 4. The second-order valence-corrected chi connectivity index (χ2v) is 5.17. The van der Waals surface area contributed by atoms with Gasteiger partial charge in [-0.1, -0.05) is 28.9 Å². The van der Waals surface area contributed by atoms with Crippen LogP contribution in [-0.2, 0) is 11.3 Å². The molecule has 0 saturated heterocycles. The van der Waals surface area contributed by atoms with E-state index < -0.39 is 5.97 Å². The molecule has 0 aliphatic carbocycles. The van der Waals surface area contributed by atoms with Crippen molar-refractivity contribution in [3.8, 4) is 0 Å². The predicted molar refractivity (Wildman–Crippen MR) is 79.7 cm³/mol. The molecule has 0 unspecified atom stereocenters. The lowest BCUT2D eigenvalue weighted by Gasteiger charge is -2.05. The van der Waals surface area contributed by atoms with Gasteiger partial charge in [0.25, 0.3) is 5.56 Å². The lowest BCUT2D eigenvalue weighted by atomic mass is 10.2. The van der Waals surface area contributed by atoms with Crippen LogP contribution < -0.4 is 5.56 Å². The van der Waals surface area contributed by atoms with Gasteiger partial charge in [-0.05, 0) is 24.6 Å². The zero-order chi connectivity index (χ0) is 14.7. The third-order valence-corrected chi connectivity index (χ3v) is 3.47. The number of benzene rings is 1. The normalized spacial score (nSPS) is 11.8. The molecule has 20 heavy (non-hydrogen) atoms. The Bertz CT molecular complexity index is 750. The number of fused-ring (bicyclic) bond motifs is 1. The van der Waals surface area contributed by atoms with Crippen LogP contribution in [0.2, 0.25) is 0 Å². The highest BCUT2D eigenvalue weighted by Gasteiger charge is 2.06. The van der Waals surface area contributed by atoms with Crippen molar-refractivity contribution in [3.63, 3.8) is 0 Å². The molecule has 0 radical (unpaired) electrons. The molecule has 6 heteroatoms. The highest BCUT2D eigenvalue weighted by molar-refractivity contribution is 9.10. The Labute approximate surface area is 123 Å². The van der Waals surface area contributed by atoms with E-state index in [-0.39, 0.29) is 17.7 Å². The standard InChI is InChI=1S/C14H13BrN2O3/c1-2-9(14(19)20)5-6-17-8-16-12-4-3-10(15)7-11(12)13(17)18/h3-5,7-8H,2,6H2,1H3,(H,19,20). The fourth-order valence-corrected chi connectivity index (χ4v) is 2.21. The van der Waals surface area contributed by atoms with Crippen LogP contribution in [0.1, 0.15) is 13.3 Å². The maximum atomic E-state index is 12.3. The number of carbonyl (C=O) groups is 1. The molecule has 0 amide bonds. The van der Waals surface area contributed by atoms with Crippen LogP contribution in [0.25, 0.3) is 10.9 Å². The van der Waals surface area contributed by atoms with E-state index in [4.69, 9.17) is 5.11 Å². The van der Waals surface area contributed by atoms with Crippen LogP contribution in [-0.4, -0.2) is 20.6 Å². The Morgan fingerprint density at radius 3 is 2.90 bits per heavy atom. The molecule has 2 aromatic rings. The Hall–Kier alpha value is -1.95. The fraction of sp³-hybridized carbons (Fsp3) is 0.214. The zero-order valence-electron chi connectivity index (χ0n) is 10.8. The minimum Gasteiger partial charge on any atom is -0.478 e. The molecule has 0 atom stereocenters. The highest BCUT2D eigenvalue weighted by atomic mass is 79.9. The number of carboxylic acids is 1. The number of aromatic nitrogens is 2. The summed E-state index contributed by atoms with van der Waals surface area (Å²) in [4.78, 5) is 27.4. The summed E-state index contributed by atoms with van der Waals surface area (Å²) in [5.41, 5.74) is 0.715. The minimum atomic E-state index is -0.961. The largest absolute Gasteiger partial charge is 0.478 e. The number of hydrogen-bond donors (Lipinski definition) is 1. The first-order chi connectivity index (χ1) is 9.52. The summed E-state index contributed by atoms with van der Waals surface area (Å²) >= 11 is 3.32. The quantitative estimate of drug-likeness (QED) is 0.871. The number of allylic oxidation sites excluding steroid dienone is 1. The molecule has 1 N–H and O–H groups in total. The SMILES string of the molecule is CCC(=CCn1cnc2ccc(Br)cc2c1=O)C(=O)O. The summed E-state index contributed by atoms with van der Waals surface area (Å²) in [6.45, 7) is 1.96. The average Bonchev–Trinajstić information content (AvgIpc) is 2.42. The molecule has 0 aliphatic rings. The summed E-state index contributed by atoms with van der Waals surface area (Å²) in [7, 11) is 0. The van der Waals surface area contributed by atoms with Crippen LogP contribution in [0.5, 0.6) is 0 Å². The molecule has 104 valence electrons. The van der Waals surface area contributed by atoms with Gasteiger partial charge in [0, 0.05) is 16.6 Å². The van der Waals surface area contributed by atoms with E-state index in [0.717, 1.165) is 4.47 Å². The minimum absolute atomic E-state index is 0.187. The summed E-state index contributed by atoms with van der Waals surface area (Å²) in [5.74, 6) is -0.961. The van der Waals surface area contributed by atoms with Crippen molar-refractivity contribution in [3.05, 3.63) is 51.0 Å². The molecule has 1 aromatic heterocycles. The molecule has 0 spiro atoms. The summed E-state index contributed by atoms with van der Waals surface area (Å²) in [6, 6.07) is 5.29. The van der Waals surface area contributed by atoms with Crippen LogP contribution in [0.15, 0.2) is 45.4 Å². The molecule has 2 rings (SSSR count). The predicted octanol–water partition coefficient (Wildman–Crippen LogP) is 2.58. The van der Waals surface area contributed by atoms with Gasteiger partial charge in [-0.3, -0.25) is 9.36 Å². The van der Waals surface area contributed by atoms with E-state index in [9.17, 15) is 9.59 Å². The van der Waals surface area contributed by atoms with Gasteiger partial charge in [-0.2, -0.15) is 0 Å². The van der Waals surface area contributed by atoms with Gasteiger partial charge in [0.2, 0.25) is 0 Å². The number of halogens is 1. The number of carboxylic acid groups (broad SMARTS) is 1. The van der Waals surface area contributed by atoms with E-state index in [1.54, 1.807) is 19.1 Å². The third kappa shape index (κ3) is 2.96. The van der Waals surface area contributed by atoms with Crippen molar-refractivity contribution in [2.45, 2.75) is 19.9 Å². The van der Waals surface area contributed by atoms with E-state index in [1.165, 1.54) is 17.0 Å². The second-order valence-electron chi connectivity index (χ2n) is 4.25. The Kier molecular flexibility index (Phi) is 4.34. The van der Waals surface area contributed by atoms with Crippen molar-refractivity contribution < 1.29 is 9.90 Å². The van der Waals surface area contributed by atoms with Crippen molar-refractivity contribution in [1.29, 1.82) is 0 Å². The lowest BCUT2D eigenvalue weighted by Crippen LogP contribution is -2.20. The molecule has 0 aliphatic heterocycles. The van der Waals surface area contributed by atoms with Gasteiger partial charge in [0.15, 0.2) is 0 Å². The third-order valence-electron chi connectivity index (χ3n) is 2.98. The maximum absolute atomic E-state index is 12.3. The van der Waals surface area contributed by atoms with E-state index in [0.29, 0.717) is 17.3 Å². The highest BCUT2D eigenvalue weighted by Crippen LogP contribution is 2.14. The Morgan fingerprint density at radius 1 is 1.50 bits per heavy atom. The Morgan fingerprint density at radius 2 is 2.25 bits per heavy atom. The van der Waals surface area contributed by atoms with Gasteiger partial charge < -0.3 is 5.11 Å². The molecule has 5 nitrogen and oxygen atoms in total. The first-order valence-electron chi connectivity index (χ1n) is 6.10. The van der Waals surface area contributed by atoms with E-state index in [2.05, 4.69) is 20.9 Å². The van der Waals surface area contributed by atoms with Crippen molar-refractivity contribution >= 4 is 32.8 Å². The molecule has 0 saturated carbocycles. The van der Waals surface area contributed by atoms with Crippen molar-refractivity contribution in [2.24, 2.45) is 0 Å². The van der Waals surface area contributed by atoms with Crippen LogP contribution in [0.4, 0.5) is 0 Å². The molecular formula is C14H13BrN2O3. The number of hydrogen-bond acceptors (Lipinski definition) is 3. The van der Waals surface area contributed by atoms with Crippen LogP contribution >= 0.6 is 15.9 Å². The van der Waals surface area contributed by atoms with Crippen molar-refractivity contribution in [2.75, 3.05) is 0 Å². The molecule has 1 aromatic carbocycles. The molecule has 1 heterocycles. The van der Waals surface area contributed by atoms with E-state index in [1.807, 2.05) is 6.07 Å². The smallest absolute Gasteiger partial charge is 0.331 e. The second kappa shape index (κ2) is 6.00. The van der Waals surface area contributed by atoms with E-state index >= 15 is 0 Å². The maximum Gasteiger partial charge on any atom is 0.331 e. The summed E-state index contributed by atoms with van der Waals surface area (Å²) in [6.07, 6.45) is 3.38. The van der Waals surface area contributed by atoms with Gasteiger partial charge in [0.1, 0.15) is 0 Å². The molecule has 0 fully saturated rings. The fourth-order valence-electron chi connectivity index (χ4n) is 1.85.